The number of para-hydroxylation sites is 1. The van der Waals surface area contributed by atoms with Crippen LogP contribution in [0.25, 0.3) is 0 Å². The lowest BCUT2D eigenvalue weighted by Crippen LogP contribution is -2.26. The van der Waals surface area contributed by atoms with Gasteiger partial charge in [0.2, 0.25) is 5.91 Å². The highest BCUT2D eigenvalue weighted by atomic mass is 79.9. The Labute approximate surface area is 114 Å². The van der Waals surface area contributed by atoms with Gasteiger partial charge in [-0.2, -0.15) is 0 Å². The second-order valence-electron chi connectivity index (χ2n) is 4.53. The molecule has 1 fully saturated rings. The maximum absolute atomic E-state index is 12.0. The number of nitrogens with zero attached hydrogens (tertiary/aromatic N) is 1. The van der Waals surface area contributed by atoms with Crippen LogP contribution in [0.4, 0.5) is 5.69 Å². The highest BCUT2D eigenvalue weighted by Gasteiger charge is 2.32. The fraction of sp³-hybridized carbons (Fsp3) is 0.462. The van der Waals surface area contributed by atoms with E-state index in [-0.39, 0.29) is 5.91 Å². The lowest BCUT2D eigenvalue weighted by atomic mass is 10.2. The fourth-order valence-corrected chi connectivity index (χ4v) is 2.82. The Balaban J connectivity index is 1.95. The topological polar surface area (TPSA) is 38.8 Å². The normalized spacial score (nSPS) is 22.4. The van der Waals surface area contributed by atoms with E-state index in [4.69, 9.17) is 9.47 Å². The molecule has 3 rings (SSSR count). The third-order valence-electron chi connectivity index (χ3n) is 3.26. The van der Waals surface area contributed by atoms with E-state index in [0.717, 1.165) is 23.3 Å². The standard InChI is InChI=1S/C13H14BrNO3/c14-7-9-6-12(16)15(8-9)10-2-1-3-11-13(10)18-5-4-17-11/h1-3,9H,4-8H2. The van der Waals surface area contributed by atoms with Gasteiger partial charge in [0, 0.05) is 18.3 Å². The van der Waals surface area contributed by atoms with Gasteiger partial charge in [-0.3, -0.25) is 4.79 Å². The Morgan fingerprint density at radius 2 is 2.17 bits per heavy atom. The highest BCUT2D eigenvalue weighted by molar-refractivity contribution is 9.09. The maximum atomic E-state index is 12.0. The van der Waals surface area contributed by atoms with Crippen LogP contribution >= 0.6 is 15.9 Å². The molecule has 0 aromatic heterocycles. The fourth-order valence-electron chi connectivity index (χ4n) is 2.39. The molecule has 2 aliphatic heterocycles. The molecule has 2 heterocycles. The van der Waals surface area contributed by atoms with E-state index in [1.54, 1.807) is 4.90 Å². The zero-order valence-corrected chi connectivity index (χ0v) is 11.5. The summed E-state index contributed by atoms with van der Waals surface area (Å²) < 4.78 is 11.2. The lowest BCUT2D eigenvalue weighted by Gasteiger charge is -2.25. The summed E-state index contributed by atoms with van der Waals surface area (Å²) in [5.74, 6) is 1.96. The smallest absolute Gasteiger partial charge is 0.227 e. The monoisotopic (exact) mass is 311 g/mol. The molecule has 96 valence electrons. The van der Waals surface area contributed by atoms with Crippen LogP contribution in [-0.4, -0.2) is 31.0 Å². The van der Waals surface area contributed by atoms with Gasteiger partial charge in [-0.05, 0) is 18.1 Å². The third-order valence-corrected chi connectivity index (χ3v) is 4.18. The van der Waals surface area contributed by atoms with E-state index in [1.807, 2.05) is 18.2 Å². The summed E-state index contributed by atoms with van der Waals surface area (Å²) in [5, 5.41) is 0.849. The van der Waals surface area contributed by atoms with Gasteiger partial charge in [-0.15, -0.1) is 0 Å². The molecule has 0 bridgehead atoms. The first-order valence-electron chi connectivity index (χ1n) is 6.04. The minimum absolute atomic E-state index is 0.155. The van der Waals surface area contributed by atoms with Gasteiger partial charge in [-0.1, -0.05) is 22.0 Å². The highest BCUT2D eigenvalue weighted by Crippen LogP contribution is 2.41. The van der Waals surface area contributed by atoms with E-state index in [1.165, 1.54) is 0 Å². The average molecular weight is 312 g/mol. The zero-order valence-electron chi connectivity index (χ0n) is 9.89. The average Bonchev–Trinajstić information content (AvgIpc) is 2.79. The van der Waals surface area contributed by atoms with Crippen LogP contribution in [-0.2, 0) is 4.79 Å². The first-order chi connectivity index (χ1) is 8.79. The summed E-state index contributed by atoms with van der Waals surface area (Å²) >= 11 is 3.44. The van der Waals surface area contributed by atoms with E-state index in [2.05, 4.69) is 15.9 Å². The molecule has 1 unspecified atom stereocenters. The third kappa shape index (κ3) is 1.96. The number of carbonyl (C=O) groups excluding carboxylic acids is 1. The first kappa shape index (κ1) is 11.8. The molecule has 0 N–H and O–H groups in total. The van der Waals surface area contributed by atoms with Gasteiger partial charge in [0.05, 0.1) is 5.69 Å². The van der Waals surface area contributed by atoms with Gasteiger partial charge < -0.3 is 14.4 Å². The molecule has 18 heavy (non-hydrogen) atoms. The molecule has 1 aromatic carbocycles. The minimum atomic E-state index is 0.155. The van der Waals surface area contributed by atoms with E-state index in [9.17, 15) is 4.79 Å². The molecule has 1 atom stereocenters. The van der Waals surface area contributed by atoms with Crippen LogP contribution in [0.1, 0.15) is 6.42 Å². The number of amides is 1. The number of rotatable bonds is 2. The molecular formula is C13H14BrNO3. The number of alkyl halides is 1. The molecule has 2 aliphatic rings. The summed E-state index contributed by atoms with van der Waals surface area (Å²) in [5.41, 5.74) is 0.834. The van der Waals surface area contributed by atoms with Crippen molar-refractivity contribution in [1.82, 2.24) is 0 Å². The van der Waals surface area contributed by atoms with Gasteiger partial charge >= 0.3 is 0 Å². The van der Waals surface area contributed by atoms with Gasteiger partial charge in [0.1, 0.15) is 13.2 Å². The summed E-state index contributed by atoms with van der Waals surface area (Å²) in [7, 11) is 0. The van der Waals surface area contributed by atoms with Crippen molar-refractivity contribution in [3.8, 4) is 11.5 Å². The van der Waals surface area contributed by atoms with E-state index < -0.39 is 0 Å². The van der Waals surface area contributed by atoms with Crippen LogP contribution in [0, 0.1) is 5.92 Å². The number of halogens is 1. The number of carbonyl (C=O) groups is 1. The molecule has 0 saturated carbocycles. The lowest BCUT2D eigenvalue weighted by molar-refractivity contribution is -0.117. The number of hydrogen-bond acceptors (Lipinski definition) is 3. The Hall–Kier alpha value is -1.23. The minimum Gasteiger partial charge on any atom is -0.486 e. The Morgan fingerprint density at radius 3 is 2.94 bits per heavy atom. The van der Waals surface area contributed by atoms with Crippen molar-refractivity contribution in [2.24, 2.45) is 5.92 Å². The quantitative estimate of drug-likeness (QED) is 0.786. The van der Waals surface area contributed by atoms with Crippen molar-refractivity contribution in [1.29, 1.82) is 0 Å². The maximum Gasteiger partial charge on any atom is 0.227 e. The predicted octanol–water partition coefficient (Wildman–Crippen LogP) is 2.21. The number of benzene rings is 1. The van der Waals surface area contributed by atoms with Crippen LogP contribution < -0.4 is 14.4 Å². The largest absolute Gasteiger partial charge is 0.486 e. The zero-order chi connectivity index (χ0) is 12.5. The molecule has 4 nitrogen and oxygen atoms in total. The first-order valence-corrected chi connectivity index (χ1v) is 7.16. The predicted molar refractivity (Wildman–Crippen MR) is 71.7 cm³/mol. The number of ether oxygens (including phenoxy) is 2. The summed E-state index contributed by atoms with van der Waals surface area (Å²) in [6.07, 6.45) is 0.593. The van der Waals surface area contributed by atoms with Gasteiger partial charge in [0.15, 0.2) is 11.5 Å². The van der Waals surface area contributed by atoms with Gasteiger partial charge in [-0.25, -0.2) is 0 Å². The Morgan fingerprint density at radius 1 is 1.33 bits per heavy atom. The van der Waals surface area contributed by atoms with Crippen molar-refractivity contribution in [2.75, 3.05) is 30.0 Å². The van der Waals surface area contributed by atoms with E-state index >= 15 is 0 Å². The molecule has 0 aliphatic carbocycles. The molecule has 0 spiro atoms. The number of fused-ring (bicyclic) bond motifs is 1. The molecule has 1 saturated heterocycles. The van der Waals surface area contributed by atoms with Crippen molar-refractivity contribution in [2.45, 2.75) is 6.42 Å². The molecular weight excluding hydrogens is 298 g/mol. The van der Waals surface area contributed by atoms with Crippen molar-refractivity contribution < 1.29 is 14.3 Å². The number of anilines is 1. The second kappa shape index (κ2) is 4.80. The molecule has 1 aromatic rings. The summed E-state index contributed by atoms with van der Waals surface area (Å²) in [6.45, 7) is 1.84. The Bertz CT molecular complexity index is 477. The second-order valence-corrected chi connectivity index (χ2v) is 5.18. The van der Waals surface area contributed by atoms with Crippen molar-refractivity contribution >= 4 is 27.5 Å². The van der Waals surface area contributed by atoms with Crippen molar-refractivity contribution in [3.63, 3.8) is 0 Å². The van der Waals surface area contributed by atoms with Crippen LogP contribution in [0.3, 0.4) is 0 Å². The SMILES string of the molecule is O=C1CC(CBr)CN1c1cccc2c1OCCO2. The summed E-state index contributed by atoms with van der Waals surface area (Å²) in [4.78, 5) is 13.8. The number of hydrogen-bond donors (Lipinski definition) is 0. The Kier molecular flexibility index (Phi) is 3.16. The molecule has 1 amide bonds. The van der Waals surface area contributed by atoms with Crippen LogP contribution in [0.15, 0.2) is 18.2 Å². The van der Waals surface area contributed by atoms with Crippen LogP contribution in [0.5, 0.6) is 11.5 Å². The van der Waals surface area contributed by atoms with Crippen molar-refractivity contribution in [3.05, 3.63) is 18.2 Å². The summed E-state index contributed by atoms with van der Waals surface area (Å²) in [6, 6.07) is 5.69. The van der Waals surface area contributed by atoms with Crippen LogP contribution in [0.2, 0.25) is 0 Å². The molecule has 0 radical (unpaired) electrons. The van der Waals surface area contributed by atoms with E-state index in [0.29, 0.717) is 31.3 Å². The van der Waals surface area contributed by atoms with Gasteiger partial charge in [0.25, 0.3) is 0 Å². The molecule has 5 heteroatoms.